The van der Waals surface area contributed by atoms with Crippen molar-refractivity contribution in [2.75, 3.05) is 25.5 Å². The average Bonchev–Trinajstić information content (AvgIpc) is 3.31. The second-order valence-corrected chi connectivity index (χ2v) is 7.63. The van der Waals surface area contributed by atoms with Gasteiger partial charge in [0, 0.05) is 51.6 Å². The molecule has 0 aromatic carbocycles. The zero-order chi connectivity index (χ0) is 17.4. The number of amides is 1. The predicted octanol–water partition coefficient (Wildman–Crippen LogP) is 2.50. The van der Waals surface area contributed by atoms with E-state index in [1.54, 1.807) is 6.92 Å². The van der Waals surface area contributed by atoms with Crippen molar-refractivity contribution in [2.24, 2.45) is 0 Å². The van der Waals surface area contributed by atoms with Gasteiger partial charge >= 0.3 is 0 Å². The van der Waals surface area contributed by atoms with Crippen LogP contribution in [0.4, 0.5) is 5.82 Å². The lowest BCUT2D eigenvalue weighted by Gasteiger charge is -2.34. The molecule has 1 N–H and O–H groups in total. The molecule has 1 aliphatic carbocycles. The van der Waals surface area contributed by atoms with Gasteiger partial charge in [0.2, 0.25) is 5.91 Å². The van der Waals surface area contributed by atoms with E-state index in [-0.39, 0.29) is 11.9 Å². The maximum atomic E-state index is 11.9. The summed E-state index contributed by atoms with van der Waals surface area (Å²) in [5.74, 6) is 1.91. The Morgan fingerprint density at radius 3 is 2.64 bits per heavy atom. The van der Waals surface area contributed by atoms with Gasteiger partial charge in [-0.1, -0.05) is 12.8 Å². The Morgan fingerprint density at radius 2 is 1.92 bits per heavy atom. The van der Waals surface area contributed by atoms with E-state index in [1.807, 2.05) is 11.9 Å². The Balaban J connectivity index is 1.62. The molecule has 2 fully saturated rings. The fourth-order valence-corrected chi connectivity index (χ4v) is 4.80. The van der Waals surface area contributed by atoms with E-state index in [4.69, 9.17) is 9.97 Å². The molecule has 1 aromatic rings. The summed E-state index contributed by atoms with van der Waals surface area (Å²) in [5, 5.41) is 3.29. The van der Waals surface area contributed by atoms with Crippen LogP contribution in [-0.2, 0) is 17.8 Å². The lowest BCUT2D eigenvalue weighted by atomic mass is 10.0. The molecule has 136 valence electrons. The van der Waals surface area contributed by atoms with Crippen molar-refractivity contribution in [3.8, 4) is 0 Å². The summed E-state index contributed by atoms with van der Waals surface area (Å²) in [4.78, 5) is 26.2. The summed E-state index contributed by atoms with van der Waals surface area (Å²) in [6.45, 7) is 4.52. The van der Waals surface area contributed by atoms with E-state index < -0.39 is 0 Å². The molecule has 1 aromatic heterocycles. The van der Waals surface area contributed by atoms with Crippen molar-refractivity contribution >= 4 is 11.7 Å². The average molecular weight is 343 g/mol. The lowest BCUT2D eigenvalue weighted by molar-refractivity contribution is -0.129. The Kier molecular flexibility index (Phi) is 4.63. The maximum absolute atomic E-state index is 11.9. The molecule has 0 unspecified atom stereocenters. The van der Waals surface area contributed by atoms with Gasteiger partial charge < -0.3 is 10.2 Å². The summed E-state index contributed by atoms with van der Waals surface area (Å²) in [6.07, 6.45) is 8.39. The molecule has 4 rings (SSSR count). The first-order valence-corrected chi connectivity index (χ1v) is 9.76. The molecule has 1 saturated carbocycles. The molecule has 3 heterocycles. The second-order valence-electron chi connectivity index (χ2n) is 7.63. The SMILES string of the molecule is CNc1nc([C@H]2CCCN2C(C)=O)nc2c1CN(C1CCCC1)CC2. The fourth-order valence-electron chi connectivity index (χ4n) is 4.80. The fraction of sp³-hybridized carbons (Fsp3) is 0.737. The number of rotatable bonds is 3. The van der Waals surface area contributed by atoms with Crippen LogP contribution in [0, 0.1) is 0 Å². The number of nitrogens with zero attached hydrogens (tertiary/aromatic N) is 4. The van der Waals surface area contributed by atoms with Crippen LogP contribution in [0.1, 0.15) is 68.6 Å². The van der Waals surface area contributed by atoms with E-state index in [0.717, 1.165) is 56.6 Å². The molecule has 25 heavy (non-hydrogen) atoms. The van der Waals surface area contributed by atoms with Crippen LogP contribution < -0.4 is 5.32 Å². The number of hydrogen-bond donors (Lipinski definition) is 1. The normalized spacial score (nSPS) is 24.6. The molecule has 1 atom stereocenters. The number of hydrogen-bond acceptors (Lipinski definition) is 5. The van der Waals surface area contributed by atoms with Crippen LogP contribution in [0.3, 0.4) is 0 Å². The third-order valence-corrected chi connectivity index (χ3v) is 6.14. The smallest absolute Gasteiger partial charge is 0.220 e. The number of fused-ring (bicyclic) bond motifs is 1. The van der Waals surface area contributed by atoms with E-state index >= 15 is 0 Å². The van der Waals surface area contributed by atoms with Crippen LogP contribution in [-0.4, -0.2) is 51.9 Å². The Morgan fingerprint density at radius 1 is 1.12 bits per heavy atom. The Labute approximate surface area is 150 Å². The molecule has 0 bridgehead atoms. The van der Waals surface area contributed by atoms with Gasteiger partial charge in [-0.2, -0.15) is 0 Å². The highest BCUT2D eigenvalue weighted by atomic mass is 16.2. The molecule has 0 spiro atoms. The third kappa shape index (κ3) is 3.12. The van der Waals surface area contributed by atoms with Gasteiger partial charge in [-0.25, -0.2) is 9.97 Å². The van der Waals surface area contributed by atoms with Gasteiger partial charge in [-0.05, 0) is 25.7 Å². The van der Waals surface area contributed by atoms with Gasteiger partial charge in [0.25, 0.3) is 0 Å². The summed E-state index contributed by atoms with van der Waals surface area (Å²) in [5.41, 5.74) is 2.44. The third-order valence-electron chi connectivity index (χ3n) is 6.14. The Bertz CT molecular complexity index is 638. The van der Waals surface area contributed by atoms with Gasteiger partial charge in [0.05, 0.1) is 11.7 Å². The molecular weight excluding hydrogens is 314 g/mol. The number of anilines is 1. The van der Waals surface area contributed by atoms with Crippen LogP contribution in [0.5, 0.6) is 0 Å². The molecular formula is C19H29N5O. The zero-order valence-corrected chi connectivity index (χ0v) is 15.4. The van der Waals surface area contributed by atoms with Gasteiger partial charge in [0.1, 0.15) is 5.82 Å². The molecule has 3 aliphatic rings. The van der Waals surface area contributed by atoms with E-state index in [2.05, 4.69) is 10.2 Å². The largest absolute Gasteiger partial charge is 0.373 e. The van der Waals surface area contributed by atoms with Crippen molar-refractivity contribution in [1.29, 1.82) is 0 Å². The standard InChI is InChI=1S/C19H29N5O/c1-13(25)24-10-5-8-17(24)19-21-16-9-11-23(14-6-3-4-7-14)12-15(16)18(20-2)22-19/h14,17H,3-12H2,1-2H3,(H,20,21,22)/t17-/m1/s1. The minimum Gasteiger partial charge on any atom is -0.373 e. The van der Waals surface area contributed by atoms with Crippen molar-refractivity contribution in [3.63, 3.8) is 0 Å². The van der Waals surface area contributed by atoms with Crippen molar-refractivity contribution in [1.82, 2.24) is 19.8 Å². The predicted molar refractivity (Wildman–Crippen MR) is 97.3 cm³/mol. The van der Waals surface area contributed by atoms with Gasteiger partial charge in [0.15, 0.2) is 5.82 Å². The maximum Gasteiger partial charge on any atom is 0.220 e. The Hall–Kier alpha value is -1.69. The van der Waals surface area contributed by atoms with Crippen LogP contribution in [0.25, 0.3) is 0 Å². The monoisotopic (exact) mass is 343 g/mol. The topological polar surface area (TPSA) is 61.4 Å². The van der Waals surface area contributed by atoms with E-state index in [0.29, 0.717) is 0 Å². The highest BCUT2D eigenvalue weighted by Crippen LogP contribution is 2.34. The highest BCUT2D eigenvalue weighted by molar-refractivity contribution is 5.74. The number of carbonyl (C=O) groups is 1. The number of likely N-dealkylation sites (tertiary alicyclic amines) is 1. The summed E-state index contributed by atoms with van der Waals surface area (Å²) < 4.78 is 0. The lowest BCUT2D eigenvalue weighted by Crippen LogP contribution is -2.39. The zero-order valence-electron chi connectivity index (χ0n) is 15.4. The molecule has 1 amide bonds. The van der Waals surface area contributed by atoms with Crippen molar-refractivity contribution in [2.45, 2.75) is 70.5 Å². The summed E-state index contributed by atoms with van der Waals surface area (Å²) in [6, 6.07) is 0.781. The summed E-state index contributed by atoms with van der Waals surface area (Å²) >= 11 is 0. The van der Waals surface area contributed by atoms with Gasteiger partial charge in [-0.15, -0.1) is 0 Å². The van der Waals surface area contributed by atoms with E-state index in [9.17, 15) is 4.79 Å². The first-order valence-electron chi connectivity index (χ1n) is 9.76. The second kappa shape index (κ2) is 6.90. The van der Waals surface area contributed by atoms with Crippen LogP contribution in [0.2, 0.25) is 0 Å². The summed E-state index contributed by atoms with van der Waals surface area (Å²) in [7, 11) is 1.94. The minimum absolute atomic E-state index is 0.0442. The molecule has 6 nitrogen and oxygen atoms in total. The van der Waals surface area contributed by atoms with Crippen molar-refractivity contribution in [3.05, 3.63) is 17.1 Å². The van der Waals surface area contributed by atoms with Crippen LogP contribution in [0.15, 0.2) is 0 Å². The van der Waals surface area contributed by atoms with Crippen molar-refractivity contribution < 1.29 is 4.79 Å². The van der Waals surface area contributed by atoms with E-state index in [1.165, 1.54) is 36.9 Å². The first kappa shape index (κ1) is 16.8. The molecule has 1 saturated heterocycles. The van der Waals surface area contributed by atoms with Gasteiger partial charge in [-0.3, -0.25) is 9.69 Å². The number of carbonyl (C=O) groups excluding carboxylic acids is 1. The highest BCUT2D eigenvalue weighted by Gasteiger charge is 2.33. The van der Waals surface area contributed by atoms with Crippen LogP contribution >= 0.6 is 0 Å². The first-order chi connectivity index (χ1) is 12.2. The molecule has 0 radical (unpaired) electrons. The number of nitrogens with one attached hydrogen (secondary N) is 1. The molecule has 2 aliphatic heterocycles. The molecule has 6 heteroatoms. The quantitative estimate of drug-likeness (QED) is 0.914. The number of aromatic nitrogens is 2. The minimum atomic E-state index is 0.0442.